The second-order valence-corrected chi connectivity index (χ2v) is 6.67. The fraction of sp³-hybridized carbons (Fsp3) is 0.929. The van der Waals surface area contributed by atoms with Crippen molar-refractivity contribution in [2.24, 2.45) is 10.4 Å². The van der Waals surface area contributed by atoms with Gasteiger partial charge in [0, 0.05) is 19.4 Å². The van der Waals surface area contributed by atoms with Gasteiger partial charge in [0.15, 0.2) is 5.17 Å². The first kappa shape index (κ1) is 14.2. The van der Waals surface area contributed by atoms with Crippen LogP contribution in [0.4, 0.5) is 0 Å². The molecule has 1 heterocycles. The summed E-state index contributed by atoms with van der Waals surface area (Å²) >= 11 is 1.92. The number of amidine groups is 1. The zero-order chi connectivity index (χ0) is 12.8. The van der Waals surface area contributed by atoms with Gasteiger partial charge in [-0.25, -0.2) is 0 Å². The molecule has 1 aliphatic heterocycles. The van der Waals surface area contributed by atoms with Crippen molar-refractivity contribution in [2.45, 2.75) is 51.5 Å². The molecule has 0 aromatic rings. The molecule has 104 valence electrons. The van der Waals surface area contributed by atoms with Crippen molar-refractivity contribution in [3.63, 3.8) is 0 Å². The molecule has 1 fully saturated rings. The number of hydrogen-bond acceptors (Lipinski definition) is 4. The van der Waals surface area contributed by atoms with Crippen LogP contribution in [0.5, 0.6) is 0 Å². The summed E-state index contributed by atoms with van der Waals surface area (Å²) in [7, 11) is 1.77. The third-order valence-electron chi connectivity index (χ3n) is 4.07. The molecule has 1 spiro atoms. The monoisotopic (exact) mass is 270 g/mol. The highest BCUT2D eigenvalue weighted by atomic mass is 32.2. The Hall–Kier alpha value is -0.220. The number of ether oxygens (including phenoxy) is 1. The topological polar surface area (TPSA) is 33.6 Å². The fourth-order valence-corrected chi connectivity index (χ4v) is 4.22. The molecule has 1 saturated carbocycles. The summed E-state index contributed by atoms with van der Waals surface area (Å²) in [6, 6.07) is 0.420. The highest BCUT2D eigenvalue weighted by Gasteiger charge is 2.36. The molecule has 18 heavy (non-hydrogen) atoms. The van der Waals surface area contributed by atoms with Crippen molar-refractivity contribution in [3.05, 3.63) is 0 Å². The van der Waals surface area contributed by atoms with E-state index in [1.54, 1.807) is 7.11 Å². The summed E-state index contributed by atoms with van der Waals surface area (Å²) < 4.78 is 5.26. The zero-order valence-electron chi connectivity index (χ0n) is 11.7. The van der Waals surface area contributed by atoms with Crippen LogP contribution in [-0.2, 0) is 4.74 Å². The second kappa shape index (κ2) is 6.80. The van der Waals surface area contributed by atoms with Gasteiger partial charge in [0.25, 0.3) is 0 Å². The van der Waals surface area contributed by atoms with Gasteiger partial charge in [-0.1, -0.05) is 37.9 Å². The number of aliphatic imine (C=N–C) groups is 1. The van der Waals surface area contributed by atoms with E-state index < -0.39 is 0 Å². The van der Waals surface area contributed by atoms with E-state index in [9.17, 15) is 0 Å². The molecule has 4 heteroatoms. The Morgan fingerprint density at radius 2 is 2.22 bits per heavy atom. The first-order valence-electron chi connectivity index (χ1n) is 7.21. The van der Waals surface area contributed by atoms with Crippen LogP contribution in [-0.4, -0.2) is 37.2 Å². The van der Waals surface area contributed by atoms with Crippen LogP contribution in [0.1, 0.15) is 45.4 Å². The average molecular weight is 270 g/mol. The van der Waals surface area contributed by atoms with Gasteiger partial charge in [-0.05, 0) is 24.7 Å². The lowest BCUT2D eigenvalue weighted by Gasteiger charge is -2.32. The van der Waals surface area contributed by atoms with E-state index in [0.29, 0.717) is 11.5 Å². The third kappa shape index (κ3) is 3.64. The van der Waals surface area contributed by atoms with Gasteiger partial charge in [0.05, 0.1) is 12.6 Å². The normalized spacial score (nSPS) is 24.0. The number of nitrogens with zero attached hydrogens (tertiary/aromatic N) is 1. The zero-order valence-corrected chi connectivity index (χ0v) is 12.5. The summed E-state index contributed by atoms with van der Waals surface area (Å²) in [4.78, 5) is 4.78. The van der Waals surface area contributed by atoms with Gasteiger partial charge >= 0.3 is 0 Å². The molecule has 0 amide bonds. The van der Waals surface area contributed by atoms with E-state index in [0.717, 1.165) is 24.7 Å². The lowest BCUT2D eigenvalue weighted by Crippen LogP contribution is -2.40. The molecule has 0 aromatic carbocycles. The van der Waals surface area contributed by atoms with E-state index in [1.807, 2.05) is 11.8 Å². The Labute approximate surface area is 115 Å². The van der Waals surface area contributed by atoms with Crippen LogP contribution in [0, 0.1) is 5.41 Å². The maximum absolute atomic E-state index is 5.26. The first-order valence-corrected chi connectivity index (χ1v) is 8.19. The van der Waals surface area contributed by atoms with Crippen LogP contribution >= 0.6 is 11.8 Å². The van der Waals surface area contributed by atoms with E-state index in [2.05, 4.69) is 12.2 Å². The van der Waals surface area contributed by atoms with Crippen molar-refractivity contribution in [2.75, 3.05) is 26.0 Å². The van der Waals surface area contributed by atoms with Crippen LogP contribution in [0.15, 0.2) is 4.99 Å². The number of hydrogen-bond donors (Lipinski definition) is 1. The largest absolute Gasteiger partial charge is 0.383 e. The third-order valence-corrected chi connectivity index (χ3v) is 5.35. The SMILES string of the molecule is CCCC(COC)NC1=NCC2(CCCC2)CS1. The predicted molar refractivity (Wildman–Crippen MR) is 79.4 cm³/mol. The molecule has 0 radical (unpaired) electrons. The quantitative estimate of drug-likeness (QED) is 0.833. The molecule has 0 saturated heterocycles. The molecule has 1 N–H and O–H groups in total. The Morgan fingerprint density at radius 3 is 2.78 bits per heavy atom. The van der Waals surface area contributed by atoms with Gasteiger partial charge in [-0.3, -0.25) is 4.99 Å². The van der Waals surface area contributed by atoms with Crippen molar-refractivity contribution in [3.8, 4) is 0 Å². The number of nitrogens with one attached hydrogen (secondary N) is 1. The maximum atomic E-state index is 5.26. The van der Waals surface area contributed by atoms with Crippen molar-refractivity contribution < 1.29 is 4.74 Å². The molecule has 1 atom stereocenters. The van der Waals surface area contributed by atoms with E-state index in [-0.39, 0.29) is 0 Å². The summed E-state index contributed by atoms with van der Waals surface area (Å²) in [5.41, 5.74) is 0.539. The molecular formula is C14H26N2OS. The molecule has 2 aliphatic rings. The second-order valence-electron chi connectivity index (χ2n) is 5.70. The van der Waals surface area contributed by atoms with Crippen LogP contribution < -0.4 is 5.32 Å². The fourth-order valence-electron chi connectivity index (χ4n) is 2.99. The molecule has 1 unspecified atom stereocenters. The molecule has 1 aliphatic carbocycles. The Kier molecular flexibility index (Phi) is 5.37. The van der Waals surface area contributed by atoms with Gasteiger partial charge < -0.3 is 10.1 Å². The average Bonchev–Trinajstić information content (AvgIpc) is 2.82. The number of thioether (sulfide) groups is 1. The highest BCUT2D eigenvalue weighted by molar-refractivity contribution is 8.13. The van der Waals surface area contributed by atoms with Gasteiger partial charge in [-0.2, -0.15) is 0 Å². The maximum Gasteiger partial charge on any atom is 0.156 e. The minimum absolute atomic E-state index is 0.420. The number of rotatable bonds is 5. The molecule has 3 nitrogen and oxygen atoms in total. The smallest absolute Gasteiger partial charge is 0.156 e. The minimum Gasteiger partial charge on any atom is -0.383 e. The van der Waals surface area contributed by atoms with E-state index in [1.165, 1.54) is 37.9 Å². The molecule has 0 aromatic heterocycles. The van der Waals surface area contributed by atoms with Crippen molar-refractivity contribution >= 4 is 16.9 Å². The van der Waals surface area contributed by atoms with Crippen LogP contribution in [0.3, 0.4) is 0 Å². The Morgan fingerprint density at radius 1 is 1.44 bits per heavy atom. The Balaban J connectivity index is 1.84. The van der Waals surface area contributed by atoms with E-state index in [4.69, 9.17) is 9.73 Å². The summed E-state index contributed by atoms with van der Waals surface area (Å²) in [6.07, 6.45) is 7.91. The summed E-state index contributed by atoms with van der Waals surface area (Å²) in [5, 5.41) is 4.69. The standard InChI is InChI=1S/C14H26N2OS/c1-3-6-12(9-17-2)16-13-15-10-14(11-18-13)7-4-5-8-14/h12H,3-11H2,1-2H3,(H,15,16). The van der Waals surface area contributed by atoms with Gasteiger partial charge in [-0.15, -0.1) is 0 Å². The lowest BCUT2D eigenvalue weighted by atomic mass is 9.89. The van der Waals surface area contributed by atoms with Crippen molar-refractivity contribution in [1.29, 1.82) is 0 Å². The van der Waals surface area contributed by atoms with Crippen molar-refractivity contribution in [1.82, 2.24) is 5.32 Å². The molecular weight excluding hydrogens is 244 g/mol. The van der Waals surface area contributed by atoms with E-state index >= 15 is 0 Å². The Bertz CT molecular complexity index is 282. The lowest BCUT2D eigenvalue weighted by molar-refractivity contribution is 0.170. The highest BCUT2D eigenvalue weighted by Crippen LogP contribution is 2.43. The van der Waals surface area contributed by atoms with Crippen LogP contribution in [0.2, 0.25) is 0 Å². The minimum atomic E-state index is 0.420. The predicted octanol–water partition coefficient (Wildman–Crippen LogP) is 3.05. The molecule has 2 rings (SSSR count). The van der Waals surface area contributed by atoms with Gasteiger partial charge in [0.1, 0.15) is 0 Å². The first-order chi connectivity index (χ1) is 8.78. The number of methoxy groups -OCH3 is 1. The summed E-state index contributed by atoms with van der Waals surface area (Å²) in [5.74, 6) is 1.25. The summed E-state index contributed by atoms with van der Waals surface area (Å²) in [6.45, 7) is 4.03. The van der Waals surface area contributed by atoms with Crippen LogP contribution in [0.25, 0.3) is 0 Å². The molecule has 0 bridgehead atoms. The van der Waals surface area contributed by atoms with Gasteiger partial charge in [0.2, 0.25) is 0 Å².